The first-order valence-electron chi connectivity index (χ1n) is 7.01. The zero-order valence-electron chi connectivity index (χ0n) is 11.2. The fourth-order valence-electron chi connectivity index (χ4n) is 3.73. The van der Waals surface area contributed by atoms with Crippen molar-refractivity contribution >= 4 is 0 Å². The summed E-state index contributed by atoms with van der Waals surface area (Å²) in [5.41, 5.74) is 6.43. The van der Waals surface area contributed by atoms with Crippen molar-refractivity contribution in [3.05, 3.63) is 34.4 Å². The minimum Gasteiger partial charge on any atom is -0.309 e. The van der Waals surface area contributed by atoms with Gasteiger partial charge in [-0.15, -0.1) is 0 Å². The third-order valence-electron chi connectivity index (χ3n) is 4.53. The van der Waals surface area contributed by atoms with Gasteiger partial charge in [-0.3, -0.25) is 0 Å². The van der Waals surface area contributed by atoms with E-state index < -0.39 is 0 Å². The Morgan fingerprint density at radius 2 is 2.18 bits per heavy atom. The van der Waals surface area contributed by atoms with Gasteiger partial charge in [-0.2, -0.15) is 0 Å². The molecule has 1 aliphatic heterocycles. The van der Waals surface area contributed by atoms with Gasteiger partial charge in [0, 0.05) is 18.5 Å². The van der Waals surface area contributed by atoms with Crippen LogP contribution >= 0.6 is 0 Å². The molecule has 0 amide bonds. The molecule has 2 unspecified atom stereocenters. The number of hydrogen-bond donors (Lipinski definition) is 1. The average molecular weight is 229 g/mol. The fraction of sp³-hybridized carbons (Fsp3) is 0.625. The molecule has 2 aliphatic rings. The number of aryl methyl sites for hydroxylation is 2. The Labute approximate surface area is 105 Å². The van der Waals surface area contributed by atoms with E-state index in [1.54, 1.807) is 16.7 Å². The van der Waals surface area contributed by atoms with Crippen LogP contribution in [0.3, 0.4) is 0 Å². The van der Waals surface area contributed by atoms with E-state index in [0.717, 1.165) is 18.4 Å². The molecule has 0 spiro atoms. The van der Waals surface area contributed by atoms with E-state index >= 15 is 0 Å². The lowest BCUT2D eigenvalue weighted by Crippen LogP contribution is -2.39. The van der Waals surface area contributed by atoms with E-state index in [-0.39, 0.29) is 0 Å². The van der Waals surface area contributed by atoms with Crippen molar-refractivity contribution in [1.29, 1.82) is 0 Å². The lowest BCUT2D eigenvalue weighted by atomic mass is 9.81. The number of nitrogens with one attached hydrogen (secondary N) is 1. The molecule has 1 aromatic rings. The Hall–Kier alpha value is -0.820. The molecular formula is C16H23N. The van der Waals surface area contributed by atoms with Gasteiger partial charge in [0.15, 0.2) is 0 Å². The fourth-order valence-corrected chi connectivity index (χ4v) is 3.73. The summed E-state index contributed by atoms with van der Waals surface area (Å²) < 4.78 is 0. The van der Waals surface area contributed by atoms with Crippen LogP contribution in [0.1, 0.15) is 54.9 Å². The summed E-state index contributed by atoms with van der Waals surface area (Å²) in [5.74, 6) is 1.58. The second-order valence-electron chi connectivity index (χ2n) is 6.20. The van der Waals surface area contributed by atoms with Crippen LogP contribution in [0, 0.1) is 12.8 Å². The first-order valence-corrected chi connectivity index (χ1v) is 7.01. The van der Waals surface area contributed by atoms with Crippen LogP contribution in [0.25, 0.3) is 0 Å². The average Bonchev–Trinajstić information content (AvgIpc) is 2.70. The summed E-state index contributed by atoms with van der Waals surface area (Å²) in [6, 6.07) is 5.39. The van der Waals surface area contributed by atoms with Crippen LogP contribution in [0.2, 0.25) is 0 Å². The van der Waals surface area contributed by atoms with E-state index in [1.165, 1.54) is 24.8 Å². The molecule has 0 saturated heterocycles. The molecule has 1 nitrogen and oxygen atoms in total. The van der Waals surface area contributed by atoms with E-state index in [2.05, 4.69) is 38.2 Å². The van der Waals surface area contributed by atoms with Crippen molar-refractivity contribution in [2.75, 3.05) is 0 Å². The molecule has 1 heterocycles. The molecule has 1 aromatic carbocycles. The first-order chi connectivity index (χ1) is 8.16. The predicted molar refractivity (Wildman–Crippen MR) is 72.3 cm³/mol. The lowest BCUT2D eigenvalue weighted by molar-refractivity contribution is 0.342. The van der Waals surface area contributed by atoms with E-state index in [1.807, 2.05) is 0 Å². The standard InChI is InChI=1S/C16H23N/c1-10(2)8-15-13-7-6-12-5-4-11(3)14(9-17-15)16(12)13/h4-5,10,13,15,17H,6-9H2,1-3H3. The summed E-state index contributed by atoms with van der Waals surface area (Å²) in [5, 5.41) is 3.78. The smallest absolute Gasteiger partial charge is 0.0213 e. The molecule has 0 aromatic heterocycles. The second-order valence-corrected chi connectivity index (χ2v) is 6.20. The SMILES string of the molecule is Cc1ccc2c3c1CNC(CC(C)C)C3CC2. The summed E-state index contributed by atoms with van der Waals surface area (Å²) in [7, 11) is 0. The predicted octanol–water partition coefficient (Wildman–Crippen LogP) is 3.54. The Morgan fingerprint density at radius 3 is 2.94 bits per heavy atom. The van der Waals surface area contributed by atoms with Gasteiger partial charge in [0.2, 0.25) is 0 Å². The van der Waals surface area contributed by atoms with Crippen LogP contribution in [0.4, 0.5) is 0 Å². The molecule has 92 valence electrons. The maximum atomic E-state index is 3.78. The van der Waals surface area contributed by atoms with Crippen LogP contribution in [-0.4, -0.2) is 6.04 Å². The maximum absolute atomic E-state index is 3.78. The van der Waals surface area contributed by atoms with Crippen molar-refractivity contribution in [1.82, 2.24) is 5.32 Å². The van der Waals surface area contributed by atoms with Crippen LogP contribution < -0.4 is 5.32 Å². The van der Waals surface area contributed by atoms with Crippen molar-refractivity contribution in [2.24, 2.45) is 5.92 Å². The summed E-state index contributed by atoms with van der Waals surface area (Å²) in [6.07, 6.45) is 3.97. The van der Waals surface area contributed by atoms with Crippen molar-refractivity contribution in [3.63, 3.8) is 0 Å². The van der Waals surface area contributed by atoms with Crippen LogP contribution in [-0.2, 0) is 13.0 Å². The topological polar surface area (TPSA) is 12.0 Å². The number of rotatable bonds is 2. The first kappa shape index (κ1) is 11.3. The molecule has 0 bridgehead atoms. The molecule has 0 radical (unpaired) electrons. The van der Waals surface area contributed by atoms with Gasteiger partial charge in [0.05, 0.1) is 0 Å². The highest BCUT2D eigenvalue weighted by atomic mass is 14.9. The Morgan fingerprint density at radius 1 is 1.35 bits per heavy atom. The second kappa shape index (κ2) is 4.13. The molecule has 0 saturated carbocycles. The highest BCUT2D eigenvalue weighted by Crippen LogP contribution is 2.42. The molecule has 1 N–H and O–H groups in total. The van der Waals surface area contributed by atoms with Crippen LogP contribution in [0.15, 0.2) is 12.1 Å². The maximum Gasteiger partial charge on any atom is 0.0213 e. The minimum atomic E-state index is 0.713. The quantitative estimate of drug-likeness (QED) is 0.818. The van der Waals surface area contributed by atoms with Gasteiger partial charge in [-0.05, 0) is 54.4 Å². The van der Waals surface area contributed by atoms with E-state index in [0.29, 0.717) is 6.04 Å². The van der Waals surface area contributed by atoms with E-state index in [9.17, 15) is 0 Å². The zero-order chi connectivity index (χ0) is 12.0. The normalized spacial score (nSPS) is 26.4. The Balaban J connectivity index is 1.98. The molecule has 1 aliphatic carbocycles. The van der Waals surface area contributed by atoms with Crippen molar-refractivity contribution < 1.29 is 0 Å². The van der Waals surface area contributed by atoms with Gasteiger partial charge in [0.1, 0.15) is 0 Å². The van der Waals surface area contributed by atoms with Gasteiger partial charge in [0.25, 0.3) is 0 Å². The molecule has 1 heteroatoms. The summed E-state index contributed by atoms with van der Waals surface area (Å²) in [4.78, 5) is 0. The van der Waals surface area contributed by atoms with Gasteiger partial charge in [-0.1, -0.05) is 26.0 Å². The molecule has 2 atom stereocenters. The summed E-state index contributed by atoms with van der Waals surface area (Å²) in [6.45, 7) is 8.02. The molecule has 17 heavy (non-hydrogen) atoms. The van der Waals surface area contributed by atoms with Crippen LogP contribution in [0.5, 0.6) is 0 Å². The van der Waals surface area contributed by atoms with Gasteiger partial charge in [-0.25, -0.2) is 0 Å². The largest absolute Gasteiger partial charge is 0.309 e. The van der Waals surface area contributed by atoms with Gasteiger partial charge >= 0.3 is 0 Å². The van der Waals surface area contributed by atoms with E-state index in [4.69, 9.17) is 0 Å². The number of benzene rings is 1. The zero-order valence-corrected chi connectivity index (χ0v) is 11.2. The van der Waals surface area contributed by atoms with Gasteiger partial charge < -0.3 is 5.32 Å². The third-order valence-corrected chi connectivity index (χ3v) is 4.53. The minimum absolute atomic E-state index is 0.713. The lowest BCUT2D eigenvalue weighted by Gasteiger charge is -2.34. The molecule has 0 fully saturated rings. The van der Waals surface area contributed by atoms with Crippen molar-refractivity contribution in [2.45, 2.75) is 58.5 Å². The third kappa shape index (κ3) is 1.81. The molecule has 3 rings (SSSR count). The molecular weight excluding hydrogens is 206 g/mol. The Kier molecular flexibility index (Phi) is 2.74. The number of hydrogen-bond acceptors (Lipinski definition) is 1. The highest BCUT2D eigenvalue weighted by molar-refractivity contribution is 5.48. The highest BCUT2D eigenvalue weighted by Gasteiger charge is 2.35. The Bertz CT molecular complexity index is 433. The monoisotopic (exact) mass is 229 g/mol. The summed E-state index contributed by atoms with van der Waals surface area (Å²) >= 11 is 0. The van der Waals surface area contributed by atoms with Crippen molar-refractivity contribution in [3.8, 4) is 0 Å².